The van der Waals surface area contributed by atoms with Gasteiger partial charge in [0.25, 0.3) is 0 Å². The maximum Gasteiger partial charge on any atom is 0.410 e. The molecule has 2 heterocycles. The quantitative estimate of drug-likeness (QED) is 0.166. The van der Waals surface area contributed by atoms with Crippen LogP contribution < -0.4 is 9.08 Å². The van der Waals surface area contributed by atoms with Crippen LogP contribution in [0.1, 0.15) is 26.3 Å². The fraction of sp³-hybridized carbons (Fsp3) is 0.324. The van der Waals surface area contributed by atoms with Crippen LogP contribution >= 0.6 is 22.6 Å². The van der Waals surface area contributed by atoms with Crippen LogP contribution in [0.5, 0.6) is 5.75 Å². The normalized spacial score (nSPS) is 14.5. The largest absolute Gasteiger partial charge is 0.444 e. The third kappa shape index (κ3) is 8.08. The van der Waals surface area contributed by atoms with Crippen molar-refractivity contribution in [2.75, 3.05) is 38.1 Å². The van der Waals surface area contributed by atoms with Gasteiger partial charge in [-0.1, -0.05) is 24.3 Å². The second-order valence-electron chi connectivity index (χ2n) is 12.1. The molecule has 10 nitrogen and oxygen atoms in total. The summed E-state index contributed by atoms with van der Waals surface area (Å²) in [6, 6.07) is 20.5. The molecular weight excluding hydrogens is 719 g/mol. The van der Waals surface area contributed by atoms with Gasteiger partial charge in [0.05, 0.1) is 0 Å². The van der Waals surface area contributed by atoms with Gasteiger partial charge in [-0.2, -0.15) is 8.42 Å². The Kier molecular flexibility index (Phi) is 10.1. The zero-order chi connectivity index (χ0) is 33.1. The Morgan fingerprint density at radius 2 is 1.63 bits per heavy atom. The van der Waals surface area contributed by atoms with Gasteiger partial charge in [-0.15, -0.1) is 0 Å². The van der Waals surface area contributed by atoms with Crippen LogP contribution in [-0.2, 0) is 26.1 Å². The molecule has 242 valence electrons. The number of hydrogen-bond donors (Lipinski definition) is 0. The van der Waals surface area contributed by atoms with Gasteiger partial charge in [-0.3, -0.25) is 14.7 Å². The molecular formula is C34H37IN4O6S. The topological polar surface area (TPSA) is 109 Å². The highest BCUT2D eigenvalue weighted by atomic mass is 127. The summed E-state index contributed by atoms with van der Waals surface area (Å²) in [5.74, 6) is -0.0473. The zero-order valence-corrected chi connectivity index (χ0v) is 29.2. The van der Waals surface area contributed by atoms with Gasteiger partial charge in [0, 0.05) is 72.1 Å². The first-order chi connectivity index (χ1) is 21.8. The van der Waals surface area contributed by atoms with Crippen LogP contribution in [0.4, 0.5) is 10.5 Å². The van der Waals surface area contributed by atoms with E-state index in [0.29, 0.717) is 37.0 Å². The zero-order valence-electron chi connectivity index (χ0n) is 26.2. The van der Waals surface area contributed by atoms with Crippen molar-refractivity contribution in [3.63, 3.8) is 0 Å². The maximum absolute atomic E-state index is 14.0. The number of nitrogens with zero attached hydrogens (tertiary/aromatic N) is 4. The van der Waals surface area contributed by atoms with Gasteiger partial charge in [-0.25, -0.2) is 4.79 Å². The van der Waals surface area contributed by atoms with Crippen LogP contribution in [0.3, 0.4) is 0 Å². The summed E-state index contributed by atoms with van der Waals surface area (Å²) in [7, 11) is -2.56. The van der Waals surface area contributed by atoms with E-state index in [-0.39, 0.29) is 23.0 Å². The number of pyridine rings is 1. The highest BCUT2D eigenvalue weighted by Crippen LogP contribution is 2.27. The Balaban J connectivity index is 1.31. The maximum atomic E-state index is 14.0. The third-order valence-corrected chi connectivity index (χ3v) is 9.71. The second-order valence-corrected chi connectivity index (χ2v) is 14.9. The highest BCUT2D eigenvalue weighted by molar-refractivity contribution is 14.1. The lowest BCUT2D eigenvalue weighted by Crippen LogP contribution is -2.56. The van der Waals surface area contributed by atoms with Crippen molar-refractivity contribution in [1.82, 2.24) is 14.8 Å². The average Bonchev–Trinajstić information content (AvgIpc) is 3.03. The summed E-state index contributed by atoms with van der Waals surface area (Å²) in [4.78, 5) is 36.6. The minimum atomic E-state index is -4.14. The molecule has 0 aliphatic carbocycles. The lowest BCUT2D eigenvalue weighted by atomic mass is 10.0. The smallest absolute Gasteiger partial charge is 0.410 e. The molecule has 1 atom stereocenters. The van der Waals surface area contributed by atoms with E-state index in [1.54, 1.807) is 81.4 Å². The Bertz CT molecular complexity index is 1800. The summed E-state index contributed by atoms with van der Waals surface area (Å²) >= 11 is 2.28. The number of rotatable bonds is 8. The Labute approximate surface area is 283 Å². The van der Waals surface area contributed by atoms with Crippen molar-refractivity contribution in [1.29, 1.82) is 0 Å². The highest BCUT2D eigenvalue weighted by Gasteiger charge is 2.34. The number of likely N-dealkylation sites (N-methyl/N-ethyl adjacent to an activating group) is 1. The molecule has 1 aromatic heterocycles. The number of carbonyl (C=O) groups excluding carboxylic acids is 2. The molecule has 0 radical (unpaired) electrons. The number of amides is 2. The van der Waals surface area contributed by atoms with E-state index in [1.807, 2.05) is 0 Å². The summed E-state index contributed by atoms with van der Waals surface area (Å²) in [5, 5.41) is 1.20. The molecule has 4 aromatic rings. The van der Waals surface area contributed by atoms with Gasteiger partial charge < -0.3 is 18.7 Å². The van der Waals surface area contributed by atoms with E-state index in [2.05, 4.69) is 56.7 Å². The number of piperazine rings is 1. The standard InChI is InChI=1S/C34H37IN4O6S/c1-34(2,3)44-33(41)37(4)30(32(40)39-20-18-38(19-21-39)27-12-10-26(35)11-13-27)22-24-8-14-28(15-9-24)45-46(42,43)31-7-5-6-25-23-36-17-16-29(25)31/h5-17,23,30H,18-22H2,1-4H3/t30-/m0/s1. The Morgan fingerprint density at radius 3 is 2.28 bits per heavy atom. The minimum absolute atomic E-state index is 0.0447. The molecule has 3 aromatic carbocycles. The van der Waals surface area contributed by atoms with Crippen molar-refractivity contribution < 1.29 is 26.9 Å². The fourth-order valence-electron chi connectivity index (χ4n) is 5.29. The van der Waals surface area contributed by atoms with Crippen LogP contribution in [0.2, 0.25) is 0 Å². The first-order valence-corrected chi connectivity index (χ1v) is 17.4. The van der Waals surface area contributed by atoms with Gasteiger partial charge >= 0.3 is 16.2 Å². The summed E-state index contributed by atoms with van der Waals surface area (Å²) < 4.78 is 38.6. The predicted octanol–water partition coefficient (Wildman–Crippen LogP) is 5.73. The van der Waals surface area contributed by atoms with Gasteiger partial charge in [0.1, 0.15) is 22.3 Å². The number of halogens is 1. The van der Waals surface area contributed by atoms with E-state index >= 15 is 0 Å². The monoisotopic (exact) mass is 756 g/mol. The van der Waals surface area contributed by atoms with Crippen molar-refractivity contribution in [2.24, 2.45) is 0 Å². The Hall–Kier alpha value is -3.91. The van der Waals surface area contributed by atoms with Gasteiger partial charge in [0.15, 0.2) is 0 Å². The third-order valence-electron chi connectivity index (χ3n) is 7.69. The van der Waals surface area contributed by atoms with Crippen molar-refractivity contribution >= 4 is 61.2 Å². The number of carbonyl (C=O) groups is 2. The van der Waals surface area contributed by atoms with Gasteiger partial charge in [0.2, 0.25) is 5.91 Å². The number of ether oxygens (including phenoxy) is 1. The van der Waals surface area contributed by atoms with E-state index in [4.69, 9.17) is 8.92 Å². The molecule has 0 bridgehead atoms. The molecule has 5 rings (SSSR count). The van der Waals surface area contributed by atoms with Crippen LogP contribution in [0, 0.1) is 3.57 Å². The van der Waals surface area contributed by atoms with E-state index in [1.165, 1.54) is 17.2 Å². The van der Waals surface area contributed by atoms with Crippen LogP contribution in [0.25, 0.3) is 10.8 Å². The first kappa shape index (κ1) is 33.5. The molecule has 1 saturated heterocycles. The first-order valence-electron chi connectivity index (χ1n) is 14.9. The summed E-state index contributed by atoms with van der Waals surface area (Å²) in [6.07, 6.45) is 2.74. The molecule has 1 aliphatic rings. The molecule has 0 saturated carbocycles. The second kappa shape index (κ2) is 13.8. The number of hydrogen-bond acceptors (Lipinski definition) is 8. The molecule has 1 fully saturated rings. The van der Waals surface area contributed by atoms with Crippen LogP contribution in [0.15, 0.2) is 90.1 Å². The minimum Gasteiger partial charge on any atom is -0.444 e. The number of fused-ring (bicyclic) bond motifs is 1. The number of aromatic nitrogens is 1. The SMILES string of the molecule is CN(C(=O)OC(C)(C)C)[C@@H](Cc1ccc(OS(=O)(=O)c2cccc3cnccc23)cc1)C(=O)N1CCN(c2ccc(I)cc2)CC1. The number of benzene rings is 3. The van der Waals surface area contributed by atoms with Crippen molar-refractivity contribution in [3.8, 4) is 5.75 Å². The number of anilines is 1. The lowest BCUT2D eigenvalue weighted by Gasteiger charge is -2.39. The van der Waals surface area contributed by atoms with E-state index in [9.17, 15) is 18.0 Å². The Morgan fingerprint density at radius 1 is 0.957 bits per heavy atom. The molecule has 0 spiro atoms. The summed E-state index contributed by atoms with van der Waals surface area (Å²) in [5.41, 5.74) is 1.10. The molecule has 2 amide bonds. The average molecular weight is 757 g/mol. The van der Waals surface area contributed by atoms with Crippen molar-refractivity contribution in [2.45, 2.75) is 43.7 Å². The predicted molar refractivity (Wildman–Crippen MR) is 185 cm³/mol. The van der Waals surface area contributed by atoms with Gasteiger partial charge in [-0.05, 0) is 97.5 Å². The van der Waals surface area contributed by atoms with E-state index in [0.717, 1.165) is 14.8 Å². The molecule has 1 aliphatic heterocycles. The fourth-order valence-corrected chi connectivity index (χ4v) is 6.80. The van der Waals surface area contributed by atoms with E-state index < -0.39 is 27.9 Å². The molecule has 0 N–H and O–H groups in total. The molecule has 46 heavy (non-hydrogen) atoms. The summed E-state index contributed by atoms with van der Waals surface area (Å²) in [6.45, 7) is 7.70. The van der Waals surface area contributed by atoms with Crippen molar-refractivity contribution in [3.05, 3.63) is 94.3 Å². The van der Waals surface area contributed by atoms with Crippen LogP contribution in [-0.4, -0.2) is 80.1 Å². The lowest BCUT2D eigenvalue weighted by molar-refractivity contribution is -0.136. The molecule has 0 unspecified atom stereocenters. The molecule has 12 heteroatoms.